The molecule has 0 saturated carbocycles. The lowest BCUT2D eigenvalue weighted by molar-refractivity contribution is -0.135. The van der Waals surface area contributed by atoms with E-state index in [1.54, 1.807) is 0 Å². The molecule has 0 radical (unpaired) electrons. The van der Waals surface area contributed by atoms with Crippen LogP contribution in [0.2, 0.25) is 0 Å². The summed E-state index contributed by atoms with van der Waals surface area (Å²) in [6.07, 6.45) is 4.13. The van der Waals surface area contributed by atoms with E-state index in [0.717, 1.165) is 65.0 Å². The molecule has 2 rings (SSSR count). The fourth-order valence-corrected chi connectivity index (χ4v) is 3.38. The van der Waals surface area contributed by atoms with Crippen LogP contribution in [0.5, 0.6) is 0 Å². The highest BCUT2D eigenvalue weighted by Gasteiger charge is 2.28. The number of likely N-dealkylation sites (tertiary alicyclic amines) is 1. The standard InChI is InChI=1S/C16H32N4O/c1-18(2)10-11-20(15-5-8-19(3)9-6-15)16(21)12-14-4-7-17-13-14/h14-15,17H,4-13H2,1-3H3. The number of rotatable bonds is 6. The van der Waals surface area contributed by atoms with Crippen LogP contribution in [0.4, 0.5) is 0 Å². The van der Waals surface area contributed by atoms with Crippen LogP contribution >= 0.6 is 0 Å². The second kappa shape index (κ2) is 8.11. The summed E-state index contributed by atoms with van der Waals surface area (Å²) in [7, 11) is 6.34. The normalized spacial score (nSPS) is 24.7. The topological polar surface area (TPSA) is 38.8 Å². The van der Waals surface area contributed by atoms with Gasteiger partial charge in [0.1, 0.15) is 0 Å². The second-order valence-corrected chi connectivity index (χ2v) is 6.99. The van der Waals surface area contributed by atoms with Crippen LogP contribution in [0.3, 0.4) is 0 Å². The van der Waals surface area contributed by atoms with Gasteiger partial charge in [0.2, 0.25) is 5.91 Å². The maximum atomic E-state index is 12.8. The van der Waals surface area contributed by atoms with Crippen LogP contribution in [-0.2, 0) is 4.79 Å². The molecule has 1 unspecified atom stereocenters. The molecular weight excluding hydrogens is 264 g/mol. The number of carbonyl (C=O) groups is 1. The lowest BCUT2D eigenvalue weighted by Crippen LogP contribution is -2.49. The van der Waals surface area contributed by atoms with E-state index in [1.807, 2.05) is 0 Å². The average Bonchev–Trinajstić information content (AvgIpc) is 2.93. The van der Waals surface area contributed by atoms with Crippen LogP contribution < -0.4 is 5.32 Å². The molecule has 5 nitrogen and oxygen atoms in total. The number of piperidine rings is 1. The minimum atomic E-state index is 0.375. The third-order valence-electron chi connectivity index (χ3n) is 4.86. The molecule has 0 aromatic carbocycles. The van der Waals surface area contributed by atoms with E-state index in [1.165, 1.54) is 0 Å². The van der Waals surface area contributed by atoms with Gasteiger partial charge in [-0.3, -0.25) is 4.79 Å². The summed E-state index contributed by atoms with van der Waals surface area (Å²) in [5.74, 6) is 0.922. The number of carbonyl (C=O) groups excluding carboxylic acids is 1. The molecule has 1 amide bonds. The van der Waals surface area contributed by atoms with E-state index in [0.29, 0.717) is 17.9 Å². The molecule has 2 saturated heterocycles. The highest BCUT2D eigenvalue weighted by atomic mass is 16.2. The van der Waals surface area contributed by atoms with Crippen molar-refractivity contribution in [1.82, 2.24) is 20.0 Å². The highest BCUT2D eigenvalue weighted by molar-refractivity contribution is 5.77. The minimum Gasteiger partial charge on any atom is -0.338 e. The van der Waals surface area contributed by atoms with Gasteiger partial charge in [0.25, 0.3) is 0 Å². The minimum absolute atomic E-state index is 0.375. The van der Waals surface area contributed by atoms with Crippen LogP contribution in [-0.4, -0.2) is 87.1 Å². The Hall–Kier alpha value is -0.650. The summed E-state index contributed by atoms with van der Waals surface area (Å²) in [6.45, 7) is 6.15. The first kappa shape index (κ1) is 16.7. The lowest BCUT2D eigenvalue weighted by atomic mass is 10.00. The zero-order valence-electron chi connectivity index (χ0n) is 14.0. The summed E-state index contributed by atoms with van der Waals surface area (Å²) in [4.78, 5) is 19.5. The average molecular weight is 296 g/mol. The monoisotopic (exact) mass is 296 g/mol. The molecule has 0 bridgehead atoms. The van der Waals surface area contributed by atoms with E-state index in [-0.39, 0.29) is 0 Å². The van der Waals surface area contributed by atoms with Crippen molar-refractivity contribution < 1.29 is 4.79 Å². The Bertz CT molecular complexity index is 320. The molecule has 2 fully saturated rings. The van der Waals surface area contributed by atoms with Gasteiger partial charge >= 0.3 is 0 Å². The molecule has 0 aromatic heterocycles. The van der Waals surface area contributed by atoms with Gasteiger partial charge in [-0.05, 0) is 72.5 Å². The Morgan fingerprint density at radius 3 is 2.48 bits per heavy atom. The summed E-state index contributed by atoms with van der Waals surface area (Å²) < 4.78 is 0. The molecule has 5 heteroatoms. The summed E-state index contributed by atoms with van der Waals surface area (Å²) in [5.41, 5.74) is 0. The smallest absolute Gasteiger partial charge is 0.223 e. The number of nitrogens with one attached hydrogen (secondary N) is 1. The van der Waals surface area contributed by atoms with Gasteiger partial charge in [-0.1, -0.05) is 0 Å². The third kappa shape index (κ3) is 5.24. The zero-order chi connectivity index (χ0) is 15.2. The van der Waals surface area contributed by atoms with E-state index in [4.69, 9.17) is 0 Å². The number of amides is 1. The quantitative estimate of drug-likeness (QED) is 0.773. The van der Waals surface area contributed by atoms with Crippen molar-refractivity contribution in [3.05, 3.63) is 0 Å². The molecule has 21 heavy (non-hydrogen) atoms. The van der Waals surface area contributed by atoms with Crippen molar-refractivity contribution in [1.29, 1.82) is 0 Å². The first-order valence-corrected chi connectivity index (χ1v) is 8.39. The van der Waals surface area contributed by atoms with Gasteiger partial charge in [-0.15, -0.1) is 0 Å². The molecule has 1 atom stereocenters. The second-order valence-electron chi connectivity index (χ2n) is 6.99. The fourth-order valence-electron chi connectivity index (χ4n) is 3.38. The first-order valence-electron chi connectivity index (χ1n) is 8.39. The fraction of sp³-hybridized carbons (Fsp3) is 0.938. The van der Waals surface area contributed by atoms with Crippen molar-refractivity contribution in [3.63, 3.8) is 0 Å². The first-order chi connectivity index (χ1) is 10.1. The van der Waals surface area contributed by atoms with Gasteiger partial charge in [0, 0.05) is 25.6 Å². The maximum Gasteiger partial charge on any atom is 0.223 e. The Morgan fingerprint density at radius 1 is 1.19 bits per heavy atom. The molecular formula is C16H32N4O. The number of nitrogens with zero attached hydrogens (tertiary/aromatic N) is 3. The molecule has 2 aliphatic heterocycles. The van der Waals surface area contributed by atoms with Crippen LogP contribution in [0, 0.1) is 5.92 Å². The van der Waals surface area contributed by atoms with E-state index >= 15 is 0 Å². The SMILES string of the molecule is CN(C)CCN(C(=O)CC1CCNC1)C1CCN(C)CC1. The summed E-state index contributed by atoms with van der Waals surface area (Å²) in [5, 5.41) is 3.37. The highest BCUT2D eigenvalue weighted by Crippen LogP contribution is 2.20. The molecule has 2 aliphatic rings. The van der Waals surface area contributed by atoms with Gasteiger partial charge in [0.15, 0.2) is 0 Å². The van der Waals surface area contributed by atoms with E-state index in [2.05, 4.69) is 41.2 Å². The number of hydrogen-bond acceptors (Lipinski definition) is 4. The van der Waals surface area contributed by atoms with Gasteiger partial charge < -0.3 is 20.0 Å². The molecule has 0 aromatic rings. The van der Waals surface area contributed by atoms with Crippen LogP contribution in [0.25, 0.3) is 0 Å². The van der Waals surface area contributed by atoms with Crippen molar-refractivity contribution in [2.75, 3.05) is 60.4 Å². The zero-order valence-corrected chi connectivity index (χ0v) is 14.0. The Kier molecular flexibility index (Phi) is 6.45. The number of hydrogen-bond donors (Lipinski definition) is 1. The molecule has 122 valence electrons. The van der Waals surface area contributed by atoms with E-state index in [9.17, 15) is 4.79 Å². The van der Waals surface area contributed by atoms with E-state index < -0.39 is 0 Å². The predicted octanol–water partition coefficient (Wildman–Crippen LogP) is 0.470. The van der Waals surface area contributed by atoms with Gasteiger partial charge in [-0.2, -0.15) is 0 Å². The third-order valence-corrected chi connectivity index (χ3v) is 4.86. The molecule has 0 aliphatic carbocycles. The largest absolute Gasteiger partial charge is 0.338 e. The molecule has 1 N–H and O–H groups in total. The predicted molar refractivity (Wildman–Crippen MR) is 86.4 cm³/mol. The molecule has 2 heterocycles. The van der Waals surface area contributed by atoms with Crippen molar-refractivity contribution >= 4 is 5.91 Å². The number of likely N-dealkylation sites (N-methyl/N-ethyl adjacent to an activating group) is 1. The summed E-state index contributed by atoms with van der Waals surface area (Å²) >= 11 is 0. The van der Waals surface area contributed by atoms with Crippen molar-refractivity contribution in [2.45, 2.75) is 31.7 Å². The molecule has 0 spiro atoms. The lowest BCUT2D eigenvalue weighted by Gasteiger charge is -2.38. The Morgan fingerprint density at radius 2 is 1.90 bits per heavy atom. The maximum absolute atomic E-state index is 12.8. The van der Waals surface area contributed by atoms with Gasteiger partial charge in [0.05, 0.1) is 0 Å². The Balaban J connectivity index is 1.91. The van der Waals surface area contributed by atoms with Crippen LogP contribution in [0.15, 0.2) is 0 Å². The Labute approximate surface area is 129 Å². The van der Waals surface area contributed by atoms with Gasteiger partial charge in [-0.25, -0.2) is 0 Å². The van der Waals surface area contributed by atoms with Crippen molar-refractivity contribution in [3.8, 4) is 0 Å². The van der Waals surface area contributed by atoms with Crippen LogP contribution in [0.1, 0.15) is 25.7 Å². The van der Waals surface area contributed by atoms with Crippen molar-refractivity contribution in [2.24, 2.45) is 5.92 Å². The summed E-state index contributed by atoms with van der Waals surface area (Å²) in [6, 6.07) is 0.447.